The number of aromatic nitrogens is 3. The van der Waals surface area contributed by atoms with Gasteiger partial charge >= 0.3 is 0 Å². The fourth-order valence-corrected chi connectivity index (χ4v) is 1.18. The average molecular weight is 153 g/mol. The van der Waals surface area contributed by atoms with Crippen molar-refractivity contribution in [2.45, 2.75) is 0 Å². The lowest BCUT2D eigenvalue weighted by Gasteiger charge is -1.78. The zero-order valence-corrected chi connectivity index (χ0v) is 5.71. The third-order valence-corrected chi connectivity index (χ3v) is 1.84. The summed E-state index contributed by atoms with van der Waals surface area (Å²) in [5.41, 5.74) is 2.48. The van der Waals surface area contributed by atoms with Crippen molar-refractivity contribution in [1.82, 2.24) is 15.4 Å². The zero-order valence-electron chi connectivity index (χ0n) is 4.89. The Balaban J connectivity index is 2.48. The van der Waals surface area contributed by atoms with Crippen LogP contribution in [0.5, 0.6) is 0 Å². The molecule has 0 aliphatic heterocycles. The molecule has 0 saturated carbocycles. The van der Waals surface area contributed by atoms with Gasteiger partial charge in [-0.15, -0.1) is 16.4 Å². The van der Waals surface area contributed by atoms with Crippen LogP contribution in [0.1, 0.15) is 0 Å². The van der Waals surface area contributed by atoms with E-state index in [0.717, 1.165) is 10.6 Å². The molecule has 0 N–H and O–H groups in total. The molecular formula is C5H3N3OS. The first-order valence-corrected chi connectivity index (χ1v) is 3.51. The van der Waals surface area contributed by atoms with Gasteiger partial charge in [0.25, 0.3) is 0 Å². The molecule has 0 saturated heterocycles. The van der Waals surface area contributed by atoms with Crippen LogP contribution in [0.25, 0.3) is 10.6 Å². The summed E-state index contributed by atoms with van der Waals surface area (Å²) in [5, 5.41) is 7.04. The van der Waals surface area contributed by atoms with E-state index in [-0.39, 0.29) is 0 Å². The highest BCUT2D eigenvalue weighted by atomic mass is 32.1. The Kier molecular flexibility index (Phi) is 1.21. The van der Waals surface area contributed by atoms with Crippen LogP contribution in [0.3, 0.4) is 0 Å². The molecule has 0 bridgehead atoms. The second-order valence-corrected chi connectivity index (χ2v) is 2.54. The van der Waals surface area contributed by atoms with Gasteiger partial charge in [0.15, 0.2) is 6.26 Å². The van der Waals surface area contributed by atoms with Crippen molar-refractivity contribution in [2.24, 2.45) is 0 Å². The van der Waals surface area contributed by atoms with Crippen LogP contribution in [0.2, 0.25) is 0 Å². The molecule has 0 aliphatic rings. The lowest BCUT2D eigenvalue weighted by molar-refractivity contribution is 0.393. The highest BCUT2D eigenvalue weighted by molar-refractivity contribution is 7.13. The van der Waals surface area contributed by atoms with E-state index in [0.29, 0.717) is 0 Å². The molecule has 50 valence electrons. The standard InChI is InChI=1S/C5H3N3OS/c1-5(10-3-6-1)4-2-9-8-7-4/h1-3H. The van der Waals surface area contributed by atoms with E-state index in [9.17, 15) is 0 Å². The van der Waals surface area contributed by atoms with Gasteiger partial charge in [0.05, 0.1) is 10.4 Å². The van der Waals surface area contributed by atoms with Crippen molar-refractivity contribution >= 4 is 11.3 Å². The lowest BCUT2D eigenvalue weighted by Crippen LogP contribution is -1.69. The maximum absolute atomic E-state index is 4.56. The Bertz CT molecular complexity index is 256. The Morgan fingerprint density at radius 3 is 3.10 bits per heavy atom. The van der Waals surface area contributed by atoms with Crippen LogP contribution in [0, 0.1) is 0 Å². The molecule has 0 amide bonds. The fraction of sp³-hybridized carbons (Fsp3) is 0. The molecule has 0 radical (unpaired) electrons. The summed E-state index contributed by atoms with van der Waals surface area (Å²) in [7, 11) is 0. The Hall–Kier alpha value is -1.23. The quantitative estimate of drug-likeness (QED) is 0.617. The number of hydrogen-bond donors (Lipinski definition) is 0. The molecule has 5 heteroatoms. The maximum atomic E-state index is 4.56. The SMILES string of the molecule is c1ncc(-c2conn2)s1. The minimum Gasteiger partial charge on any atom is -0.345 e. The lowest BCUT2D eigenvalue weighted by atomic mass is 10.4. The topological polar surface area (TPSA) is 51.8 Å². The number of nitrogens with zero attached hydrogens (tertiary/aromatic N) is 3. The molecule has 0 aliphatic carbocycles. The number of hydrogen-bond acceptors (Lipinski definition) is 5. The molecule has 2 aromatic heterocycles. The summed E-state index contributed by atoms with van der Waals surface area (Å²) in [6.07, 6.45) is 3.22. The Morgan fingerprint density at radius 2 is 2.50 bits per heavy atom. The van der Waals surface area contributed by atoms with Crippen LogP contribution in [-0.2, 0) is 0 Å². The van der Waals surface area contributed by atoms with Crippen molar-refractivity contribution in [1.29, 1.82) is 0 Å². The highest BCUT2D eigenvalue weighted by Gasteiger charge is 2.01. The molecule has 0 unspecified atom stereocenters. The first-order valence-electron chi connectivity index (χ1n) is 2.63. The van der Waals surface area contributed by atoms with E-state index in [1.807, 2.05) is 0 Å². The molecule has 0 spiro atoms. The van der Waals surface area contributed by atoms with E-state index in [1.165, 1.54) is 17.6 Å². The van der Waals surface area contributed by atoms with E-state index >= 15 is 0 Å². The fourth-order valence-electron chi connectivity index (χ4n) is 0.614. The van der Waals surface area contributed by atoms with E-state index < -0.39 is 0 Å². The highest BCUT2D eigenvalue weighted by Crippen LogP contribution is 2.19. The number of rotatable bonds is 1. The van der Waals surface area contributed by atoms with E-state index in [2.05, 4.69) is 19.9 Å². The summed E-state index contributed by atoms with van der Waals surface area (Å²) in [6, 6.07) is 0. The van der Waals surface area contributed by atoms with Crippen molar-refractivity contribution in [3.63, 3.8) is 0 Å². The normalized spacial score (nSPS) is 10.0. The van der Waals surface area contributed by atoms with Crippen molar-refractivity contribution in [3.8, 4) is 10.6 Å². The molecular weight excluding hydrogens is 150 g/mol. The molecule has 0 aromatic carbocycles. The first-order chi connectivity index (χ1) is 4.97. The molecule has 2 aromatic rings. The van der Waals surface area contributed by atoms with Gasteiger partial charge in [0.1, 0.15) is 5.69 Å². The summed E-state index contributed by atoms with van der Waals surface area (Å²) in [5.74, 6) is 0. The van der Waals surface area contributed by atoms with Crippen LogP contribution in [0.4, 0.5) is 0 Å². The van der Waals surface area contributed by atoms with Gasteiger partial charge in [-0.25, -0.2) is 0 Å². The van der Waals surface area contributed by atoms with Gasteiger partial charge in [0, 0.05) is 11.5 Å². The van der Waals surface area contributed by atoms with Gasteiger partial charge in [-0.2, -0.15) is 0 Å². The molecule has 10 heavy (non-hydrogen) atoms. The summed E-state index contributed by atoms with van der Waals surface area (Å²) in [6.45, 7) is 0. The minimum atomic E-state index is 0.738. The third kappa shape index (κ3) is 0.801. The third-order valence-electron chi connectivity index (χ3n) is 1.04. The maximum Gasteiger partial charge on any atom is 0.153 e. The van der Waals surface area contributed by atoms with Gasteiger partial charge in [0.2, 0.25) is 0 Å². The summed E-state index contributed by atoms with van der Waals surface area (Å²) >= 11 is 1.51. The van der Waals surface area contributed by atoms with Crippen molar-refractivity contribution in [2.75, 3.05) is 0 Å². The predicted octanol–water partition coefficient (Wildman–Crippen LogP) is 1.19. The van der Waals surface area contributed by atoms with Gasteiger partial charge in [-0.05, 0) is 0 Å². The first kappa shape index (κ1) is 5.55. The van der Waals surface area contributed by atoms with E-state index in [1.54, 1.807) is 11.7 Å². The van der Waals surface area contributed by atoms with E-state index in [4.69, 9.17) is 0 Å². The Morgan fingerprint density at radius 1 is 1.50 bits per heavy atom. The van der Waals surface area contributed by atoms with Crippen LogP contribution in [0.15, 0.2) is 22.5 Å². The predicted molar refractivity (Wildman–Crippen MR) is 35.4 cm³/mol. The monoisotopic (exact) mass is 153 g/mol. The van der Waals surface area contributed by atoms with Crippen LogP contribution >= 0.6 is 11.3 Å². The van der Waals surface area contributed by atoms with Gasteiger partial charge in [-0.3, -0.25) is 4.98 Å². The Labute approximate surface area is 60.5 Å². The minimum absolute atomic E-state index is 0.738. The van der Waals surface area contributed by atoms with Gasteiger partial charge < -0.3 is 4.52 Å². The molecule has 0 atom stereocenters. The second kappa shape index (κ2) is 2.18. The summed E-state index contributed by atoms with van der Waals surface area (Å²) < 4.78 is 4.56. The summed E-state index contributed by atoms with van der Waals surface area (Å²) in [4.78, 5) is 4.86. The largest absolute Gasteiger partial charge is 0.345 e. The van der Waals surface area contributed by atoms with Gasteiger partial charge in [-0.1, -0.05) is 0 Å². The molecule has 0 fully saturated rings. The molecule has 4 nitrogen and oxygen atoms in total. The molecule has 2 rings (SSSR count). The van der Waals surface area contributed by atoms with Crippen molar-refractivity contribution in [3.05, 3.63) is 18.0 Å². The van der Waals surface area contributed by atoms with Crippen molar-refractivity contribution < 1.29 is 4.52 Å². The smallest absolute Gasteiger partial charge is 0.153 e. The van der Waals surface area contributed by atoms with Crippen LogP contribution < -0.4 is 0 Å². The second-order valence-electron chi connectivity index (χ2n) is 1.66. The average Bonchev–Trinajstić information content (AvgIpc) is 2.59. The van der Waals surface area contributed by atoms with Crippen LogP contribution in [-0.4, -0.2) is 15.4 Å². The zero-order chi connectivity index (χ0) is 6.81. The molecule has 2 heterocycles. The number of thiazole rings is 1.